The van der Waals surface area contributed by atoms with Crippen molar-refractivity contribution in [3.63, 3.8) is 0 Å². The van der Waals surface area contributed by atoms with E-state index in [1.54, 1.807) is 23.3 Å². The summed E-state index contributed by atoms with van der Waals surface area (Å²) in [5.41, 5.74) is 0.744. The van der Waals surface area contributed by atoms with Crippen molar-refractivity contribution in [2.24, 2.45) is 0 Å². The number of carbonyl (C=O) groups excluding carboxylic acids is 1. The average molecular weight is 344 g/mol. The van der Waals surface area contributed by atoms with E-state index in [0.29, 0.717) is 13.1 Å². The summed E-state index contributed by atoms with van der Waals surface area (Å²) in [4.78, 5) is 14.6. The van der Waals surface area contributed by atoms with Gasteiger partial charge < -0.3 is 14.7 Å². The first kappa shape index (κ1) is 14.1. The molecule has 2 amide bonds. The van der Waals surface area contributed by atoms with Crippen LogP contribution in [-0.2, 0) is 13.1 Å². The van der Waals surface area contributed by atoms with Crippen molar-refractivity contribution in [2.75, 3.05) is 7.05 Å². The highest BCUT2D eigenvalue weighted by molar-refractivity contribution is 9.10. The van der Waals surface area contributed by atoms with E-state index in [0.717, 1.165) is 20.8 Å². The highest BCUT2D eigenvalue weighted by Gasteiger charge is 2.11. The van der Waals surface area contributed by atoms with Crippen molar-refractivity contribution in [2.45, 2.75) is 20.0 Å². The number of aromatic nitrogens is 1. The topological polar surface area (TPSA) is 58.4 Å². The summed E-state index contributed by atoms with van der Waals surface area (Å²) in [5.74, 6) is 0.743. The van der Waals surface area contributed by atoms with Crippen LogP contribution in [0.2, 0.25) is 0 Å². The molecule has 0 saturated heterocycles. The van der Waals surface area contributed by atoms with Gasteiger partial charge in [-0.25, -0.2) is 4.79 Å². The number of rotatable bonds is 4. The number of aryl methyl sites for hydroxylation is 1. The van der Waals surface area contributed by atoms with Crippen LogP contribution in [0.4, 0.5) is 4.79 Å². The lowest BCUT2D eigenvalue weighted by molar-refractivity contribution is 0.205. The van der Waals surface area contributed by atoms with Gasteiger partial charge in [-0.1, -0.05) is 5.16 Å². The van der Waals surface area contributed by atoms with Gasteiger partial charge in [0.25, 0.3) is 0 Å². The van der Waals surface area contributed by atoms with Gasteiger partial charge in [-0.15, -0.1) is 11.3 Å². The zero-order chi connectivity index (χ0) is 13.8. The van der Waals surface area contributed by atoms with Gasteiger partial charge in [0.1, 0.15) is 11.5 Å². The van der Waals surface area contributed by atoms with Gasteiger partial charge in [-0.2, -0.15) is 0 Å². The van der Waals surface area contributed by atoms with Crippen molar-refractivity contribution in [1.82, 2.24) is 15.4 Å². The molecule has 2 heterocycles. The molecule has 5 nitrogen and oxygen atoms in total. The molecule has 0 saturated carbocycles. The van der Waals surface area contributed by atoms with Crippen molar-refractivity contribution in [1.29, 1.82) is 0 Å². The van der Waals surface area contributed by atoms with E-state index in [4.69, 9.17) is 4.52 Å². The van der Waals surface area contributed by atoms with Crippen molar-refractivity contribution < 1.29 is 9.32 Å². The van der Waals surface area contributed by atoms with Crippen LogP contribution in [0.1, 0.15) is 16.3 Å². The minimum Gasteiger partial charge on any atom is -0.361 e. The number of amides is 2. The molecule has 0 spiro atoms. The number of halogens is 1. The highest BCUT2D eigenvalue weighted by Crippen LogP contribution is 2.19. The maximum absolute atomic E-state index is 11.9. The first-order valence-corrected chi connectivity index (χ1v) is 7.36. The third kappa shape index (κ3) is 4.07. The van der Waals surface area contributed by atoms with Gasteiger partial charge in [0.15, 0.2) is 0 Å². The predicted molar refractivity (Wildman–Crippen MR) is 77.0 cm³/mol. The van der Waals surface area contributed by atoms with Crippen LogP contribution in [-0.4, -0.2) is 23.1 Å². The largest absolute Gasteiger partial charge is 0.361 e. The van der Waals surface area contributed by atoms with Gasteiger partial charge >= 0.3 is 6.03 Å². The fourth-order valence-corrected chi connectivity index (χ4v) is 2.94. The zero-order valence-corrected chi connectivity index (χ0v) is 13.0. The molecule has 0 atom stereocenters. The van der Waals surface area contributed by atoms with Crippen molar-refractivity contribution >= 4 is 33.3 Å². The van der Waals surface area contributed by atoms with Gasteiger partial charge in [0.05, 0.1) is 13.1 Å². The standard InChI is InChI=1S/C12H14BrN3O2S/c1-8-3-10(15-18-8)6-16(2)12(17)14-5-11-4-9(13)7-19-11/h3-4,7H,5-6H2,1-2H3,(H,14,17). The van der Waals surface area contributed by atoms with Crippen LogP contribution < -0.4 is 5.32 Å². The Morgan fingerprint density at radius 2 is 2.37 bits per heavy atom. The van der Waals surface area contributed by atoms with Crippen LogP contribution >= 0.6 is 27.3 Å². The van der Waals surface area contributed by atoms with Crippen LogP contribution in [0, 0.1) is 6.92 Å². The SMILES string of the molecule is Cc1cc(CN(C)C(=O)NCc2cc(Br)cs2)no1. The highest BCUT2D eigenvalue weighted by atomic mass is 79.9. The number of hydrogen-bond acceptors (Lipinski definition) is 4. The van der Waals surface area contributed by atoms with E-state index in [2.05, 4.69) is 26.4 Å². The van der Waals surface area contributed by atoms with Crippen LogP contribution in [0.3, 0.4) is 0 Å². The number of urea groups is 1. The maximum atomic E-state index is 11.9. The monoisotopic (exact) mass is 343 g/mol. The van der Waals surface area contributed by atoms with Crippen LogP contribution in [0.5, 0.6) is 0 Å². The molecule has 0 aliphatic heterocycles. The first-order valence-electron chi connectivity index (χ1n) is 5.68. The molecule has 102 valence electrons. The quantitative estimate of drug-likeness (QED) is 0.927. The van der Waals surface area contributed by atoms with E-state index in [1.165, 1.54) is 0 Å². The molecule has 0 aromatic carbocycles. The molecule has 2 aromatic rings. The molecule has 2 rings (SSSR count). The smallest absolute Gasteiger partial charge is 0.317 e. The zero-order valence-electron chi connectivity index (χ0n) is 10.6. The van der Waals surface area contributed by atoms with Gasteiger partial charge in [-0.3, -0.25) is 0 Å². The fourth-order valence-electron chi connectivity index (χ4n) is 1.55. The Bertz CT molecular complexity index is 567. The Kier molecular flexibility index (Phi) is 4.60. The molecule has 0 fully saturated rings. The van der Waals surface area contributed by atoms with Crippen molar-refractivity contribution in [3.8, 4) is 0 Å². The Morgan fingerprint density at radius 3 is 2.95 bits per heavy atom. The summed E-state index contributed by atoms with van der Waals surface area (Å²) in [7, 11) is 1.73. The Labute approximate surface area is 123 Å². The second kappa shape index (κ2) is 6.21. The molecule has 0 aliphatic carbocycles. The number of nitrogens with one attached hydrogen (secondary N) is 1. The normalized spacial score (nSPS) is 10.5. The van der Waals surface area contributed by atoms with Crippen LogP contribution in [0.15, 0.2) is 26.5 Å². The van der Waals surface area contributed by atoms with Gasteiger partial charge in [0.2, 0.25) is 0 Å². The molecule has 19 heavy (non-hydrogen) atoms. The summed E-state index contributed by atoms with van der Waals surface area (Å²) < 4.78 is 6.00. The molecule has 0 bridgehead atoms. The van der Waals surface area contributed by atoms with Crippen LogP contribution in [0.25, 0.3) is 0 Å². The van der Waals surface area contributed by atoms with Gasteiger partial charge in [0, 0.05) is 27.8 Å². The number of hydrogen-bond donors (Lipinski definition) is 1. The molecule has 0 aliphatic rings. The molecular weight excluding hydrogens is 330 g/mol. The number of nitrogens with zero attached hydrogens (tertiary/aromatic N) is 2. The Morgan fingerprint density at radius 1 is 1.58 bits per heavy atom. The molecule has 1 N–H and O–H groups in total. The second-order valence-electron chi connectivity index (χ2n) is 4.17. The molecular formula is C12H14BrN3O2S. The Hall–Kier alpha value is -1.34. The minimum atomic E-state index is -0.134. The average Bonchev–Trinajstić information content (AvgIpc) is 2.95. The lowest BCUT2D eigenvalue weighted by atomic mass is 10.3. The van der Waals surface area contributed by atoms with Gasteiger partial charge in [-0.05, 0) is 28.9 Å². The number of thiophene rings is 1. The lowest BCUT2D eigenvalue weighted by Gasteiger charge is -2.16. The lowest BCUT2D eigenvalue weighted by Crippen LogP contribution is -2.36. The molecule has 2 aromatic heterocycles. The third-order valence-corrected chi connectivity index (χ3v) is 4.16. The summed E-state index contributed by atoms with van der Waals surface area (Å²) in [5, 5.41) is 8.71. The number of carbonyl (C=O) groups is 1. The summed E-state index contributed by atoms with van der Waals surface area (Å²) >= 11 is 4.99. The van der Waals surface area contributed by atoms with E-state index in [9.17, 15) is 4.79 Å². The maximum Gasteiger partial charge on any atom is 0.317 e. The van der Waals surface area contributed by atoms with Crippen molar-refractivity contribution in [3.05, 3.63) is 38.3 Å². The molecule has 0 radical (unpaired) electrons. The van der Waals surface area contributed by atoms with E-state index < -0.39 is 0 Å². The molecule has 0 unspecified atom stereocenters. The molecule has 7 heteroatoms. The summed E-state index contributed by atoms with van der Waals surface area (Å²) in [6.45, 7) is 2.78. The fraction of sp³-hybridized carbons (Fsp3) is 0.333. The van der Waals surface area contributed by atoms with E-state index in [-0.39, 0.29) is 6.03 Å². The predicted octanol–water partition coefficient (Wildman–Crippen LogP) is 3.15. The third-order valence-electron chi connectivity index (χ3n) is 2.46. The van der Waals surface area contributed by atoms with E-state index in [1.807, 2.05) is 24.4 Å². The Balaban J connectivity index is 1.82. The summed E-state index contributed by atoms with van der Waals surface area (Å²) in [6, 6.07) is 3.68. The second-order valence-corrected chi connectivity index (χ2v) is 6.09. The summed E-state index contributed by atoms with van der Waals surface area (Å²) in [6.07, 6.45) is 0. The minimum absolute atomic E-state index is 0.134. The first-order chi connectivity index (χ1) is 9.04. The van der Waals surface area contributed by atoms with E-state index >= 15 is 0 Å².